The summed E-state index contributed by atoms with van der Waals surface area (Å²) in [4.78, 5) is 73.9. The first-order chi connectivity index (χ1) is 22.1. The number of hydroxylamine groups is 2. The van der Waals surface area contributed by atoms with Gasteiger partial charge >= 0.3 is 7.60 Å². The van der Waals surface area contributed by atoms with Crippen LogP contribution in [0.3, 0.4) is 0 Å². The van der Waals surface area contributed by atoms with Crippen molar-refractivity contribution in [2.75, 3.05) is 13.0 Å². The number of carbonyl (C=O) groups is 4. The maximum Gasteiger partial charge on any atom is 0.344 e. The SMILES string of the molecule is CCCCC[C@@H](C(=O)NCNC(=O)c1ccc(-c2ccc(C(=O)NCP(=O)(O)O)cc2)o1)[C@@H](CC)N(C=O)OCc1ccccc1. The van der Waals surface area contributed by atoms with Gasteiger partial charge in [0.25, 0.3) is 11.8 Å². The second kappa shape index (κ2) is 18.0. The number of nitrogens with one attached hydrogen (secondary N) is 3. The number of amides is 4. The molecule has 0 bridgehead atoms. The topological polar surface area (TPSA) is 188 Å². The lowest BCUT2D eigenvalue weighted by atomic mass is 9.90. The van der Waals surface area contributed by atoms with Crippen LogP contribution in [0, 0.1) is 5.92 Å². The highest BCUT2D eigenvalue weighted by Crippen LogP contribution is 2.32. The van der Waals surface area contributed by atoms with Gasteiger partial charge in [0.15, 0.2) is 5.76 Å². The van der Waals surface area contributed by atoms with E-state index in [-0.39, 0.29) is 30.5 Å². The van der Waals surface area contributed by atoms with Crippen LogP contribution >= 0.6 is 7.60 Å². The van der Waals surface area contributed by atoms with Gasteiger partial charge < -0.3 is 30.2 Å². The molecule has 0 aliphatic rings. The van der Waals surface area contributed by atoms with Crippen molar-refractivity contribution in [1.82, 2.24) is 21.0 Å². The second-order valence-electron chi connectivity index (χ2n) is 10.6. The molecule has 0 spiro atoms. The molecule has 2 atom stereocenters. The lowest BCUT2D eigenvalue weighted by Gasteiger charge is -2.32. The van der Waals surface area contributed by atoms with Gasteiger partial charge in [-0.15, -0.1) is 0 Å². The van der Waals surface area contributed by atoms with Crippen molar-refractivity contribution in [2.24, 2.45) is 5.92 Å². The van der Waals surface area contributed by atoms with Gasteiger partial charge in [-0.05, 0) is 42.7 Å². The Balaban J connectivity index is 1.58. The quantitative estimate of drug-likeness (QED) is 0.0415. The maximum atomic E-state index is 13.4. The molecule has 2 aromatic carbocycles. The summed E-state index contributed by atoms with van der Waals surface area (Å²) in [7, 11) is -4.38. The number of hydrogen-bond acceptors (Lipinski definition) is 7. The lowest BCUT2D eigenvalue weighted by molar-refractivity contribution is -0.200. The molecule has 5 N–H and O–H groups in total. The van der Waals surface area contributed by atoms with E-state index in [0.717, 1.165) is 24.8 Å². The molecule has 0 saturated heterocycles. The molecule has 1 heterocycles. The van der Waals surface area contributed by atoms with Crippen LogP contribution in [-0.4, -0.2) is 58.0 Å². The van der Waals surface area contributed by atoms with Crippen LogP contribution in [0.5, 0.6) is 0 Å². The van der Waals surface area contributed by atoms with E-state index in [1.54, 1.807) is 18.2 Å². The Bertz CT molecular complexity index is 1470. The maximum absolute atomic E-state index is 13.4. The van der Waals surface area contributed by atoms with Gasteiger partial charge in [-0.25, -0.2) is 5.06 Å². The van der Waals surface area contributed by atoms with Crippen LogP contribution in [0.4, 0.5) is 0 Å². The van der Waals surface area contributed by atoms with E-state index in [2.05, 4.69) is 22.9 Å². The molecule has 0 fully saturated rings. The number of nitrogens with zero attached hydrogens (tertiary/aromatic N) is 1. The van der Waals surface area contributed by atoms with Crippen LogP contribution in [0.25, 0.3) is 11.3 Å². The summed E-state index contributed by atoms with van der Waals surface area (Å²) in [6.07, 6.45) is 3.53. The first-order valence-corrected chi connectivity index (χ1v) is 16.9. The minimum absolute atomic E-state index is 0.0000789. The van der Waals surface area contributed by atoms with Crippen molar-refractivity contribution in [3.63, 3.8) is 0 Å². The monoisotopic (exact) mass is 656 g/mol. The summed E-state index contributed by atoms with van der Waals surface area (Å²) in [6.45, 7) is 3.96. The molecular weight excluding hydrogens is 615 g/mol. The number of furan rings is 1. The molecule has 0 saturated carbocycles. The Hall–Kier alpha value is -4.29. The Morgan fingerprint density at radius 3 is 2.28 bits per heavy atom. The summed E-state index contributed by atoms with van der Waals surface area (Å²) in [5, 5.41) is 8.75. The Morgan fingerprint density at radius 2 is 1.65 bits per heavy atom. The molecule has 0 unspecified atom stereocenters. The minimum atomic E-state index is -4.38. The standard InChI is InChI=1S/C32H41N4O9P/c1-3-5-7-12-26(27(4-2)36(22-37)44-19-23-10-8-6-9-11-23)31(39)33-20-34-32(40)29-18-17-28(45-29)24-13-15-25(16-14-24)30(38)35-21-46(41,42)43/h6,8-11,13-18,22,26-27H,3-5,7,12,19-21H2,1-2H3,(H,33,39)(H,34,40)(H,35,38)(H2,41,42,43)/t26-,27-/m1/s1. The van der Waals surface area contributed by atoms with Crippen molar-refractivity contribution in [3.8, 4) is 11.3 Å². The number of benzene rings is 2. The van der Waals surface area contributed by atoms with Crippen molar-refractivity contribution in [1.29, 1.82) is 0 Å². The Morgan fingerprint density at radius 1 is 0.935 bits per heavy atom. The smallest absolute Gasteiger partial charge is 0.344 e. The molecule has 4 amide bonds. The van der Waals surface area contributed by atoms with Gasteiger partial charge in [-0.1, -0.05) is 75.6 Å². The number of carbonyl (C=O) groups excluding carboxylic acids is 4. The van der Waals surface area contributed by atoms with Crippen LogP contribution in [0.1, 0.15) is 72.4 Å². The first-order valence-electron chi connectivity index (χ1n) is 15.1. The molecule has 13 nitrogen and oxygen atoms in total. The van der Waals surface area contributed by atoms with Crippen molar-refractivity contribution >= 4 is 31.7 Å². The number of rotatable bonds is 19. The van der Waals surface area contributed by atoms with Gasteiger partial charge in [-0.3, -0.25) is 28.6 Å². The van der Waals surface area contributed by atoms with Crippen LogP contribution < -0.4 is 16.0 Å². The van der Waals surface area contributed by atoms with Crippen LogP contribution in [0.2, 0.25) is 0 Å². The molecule has 0 aliphatic carbocycles. The van der Waals surface area contributed by atoms with E-state index < -0.39 is 37.7 Å². The molecule has 1 aromatic heterocycles. The van der Waals surface area contributed by atoms with Crippen molar-refractivity contribution in [3.05, 3.63) is 83.6 Å². The lowest BCUT2D eigenvalue weighted by Crippen LogP contribution is -2.48. The fourth-order valence-electron chi connectivity index (χ4n) is 4.79. The third-order valence-electron chi connectivity index (χ3n) is 7.21. The largest absolute Gasteiger partial charge is 0.451 e. The molecule has 3 rings (SSSR count). The van der Waals surface area contributed by atoms with Crippen LogP contribution in [-0.2, 0) is 25.6 Å². The molecule has 0 radical (unpaired) electrons. The predicted molar refractivity (Wildman–Crippen MR) is 170 cm³/mol. The zero-order valence-corrected chi connectivity index (χ0v) is 26.8. The van der Waals surface area contributed by atoms with Crippen molar-refractivity contribution in [2.45, 2.75) is 58.6 Å². The van der Waals surface area contributed by atoms with E-state index in [1.165, 1.54) is 23.3 Å². The molecule has 248 valence electrons. The minimum Gasteiger partial charge on any atom is -0.451 e. The summed E-state index contributed by atoms with van der Waals surface area (Å²) in [6, 6.07) is 18.0. The Kier molecular flexibility index (Phi) is 14.2. The van der Waals surface area contributed by atoms with Gasteiger partial charge in [0.05, 0.1) is 18.6 Å². The normalized spacial score (nSPS) is 12.5. The van der Waals surface area contributed by atoms with Gasteiger partial charge in [-0.2, -0.15) is 0 Å². The number of hydrogen-bond donors (Lipinski definition) is 5. The summed E-state index contributed by atoms with van der Waals surface area (Å²) >= 11 is 0. The Labute approximate surface area is 267 Å². The highest BCUT2D eigenvalue weighted by Gasteiger charge is 2.32. The van der Waals surface area contributed by atoms with E-state index in [9.17, 15) is 23.7 Å². The van der Waals surface area contributed by atoms with Gasteiger partial charge in [0, 0.05) is 11.1 Å². The van der Waals surface area contributed by atoms with Crippen molar-refractivity contribution < 1.29 is 42.8 Å². The zero-order chi connectivity index (χ0) is 33.5. The molecular formula is C32H41N4O9P. The average Bonchev–Trinajstić information content (AvgIpc) is 3.55. The van der Waals surface area contributed by atoms with E-state index in [0.29, 0.717) is 30.6 Å². The zero-order valence-electron chi connectivity index (χ0n) is 25.9. The molecule has 0 aliphatic heterocycles. The first kappa shape index (κ1) is 36.2. The van der Waals surface area contributed by atoms with Gasteiger partial charge in [0.1, 0.15) is 18.7 Å². The third-order valence-corrected chi connectivity index (χ3v) is 7.78. The summed E-state index contributed by atoms with van der Waals surface area (Å²) in [5.41, 5.74) is 1.64. The van der Waals surface area contributed by atoms with Gasteiger partial charge in [0.2, 0.25) is 12.3 Å². The molecule has 3 aromatic rings. The van der Waals surface area contributed by atoms with Crippen LogP contribution in [0.15, 0.2) is 71.1 Å². The van der Waals surface area contributed by atoms with E-state index in [1.807, 2.05) is 37.3 Å². The fraction of sp³-hybridized carbons (Fsp3) is 0.375. The third kappa shape index (κ3) is 11.3. The average molecular weight is 657 g/mol. The van der Waals surface area contributed by atoms with E-state index >= 15 is 0 Å². The molecule has 14 heteroatoms. The summed E-state index contributed by atoms with van der Waals surface area (Å²) < 4.78 is 16.6. The highest BCUT2D eigenvalue weighted by molar-refractivity contribution is 7.51. The fourth-order valence-corrected chi connectivity index (χ4v) is 5.14. The number of unbranched alkanes of at least 4 members (excludes halogenated alkanes) is 2. The van der Waals surface area contributed by atoms with E-state index in [4.69, 9.17) is 19.0 Å². The molecule has 46 heavy (non-hydrogen) atoms. The summed E-state index contributed by atoms with van der Waals surface area (Å²) in [5.74, 6) is -1.74. The highest BCUT2D eigenvalue weighted by atomic mass is 31.2. The predicted octanol–water partition coefficient (Wildman–Crippen LogP) is 4.18. The second-order valence-corrected chi connectivity index (χ2v) is 12.2.